The zero-order valence-corrected chi connectivity index (χ0v) is 18.5. The zero-order valence-electron chi connectivity index (χ0n) is 18.5. The fourth-order valence-corrected chi connectivity index (χ4v) is 3.06. The van der Waals surface area contributed by atoms with Crippen molar-refractivity contribution in [2.75, 3.05) is 76.2 Å². The van der Waals surface area contributed by atoms with Crippen LogP contribution >= 0.6 is 0 Å². The van der Waals surface area contributed by atoms with Gasteiger partial charge in [0.15, 0.2) is 0 Å². The van der Waals surface area contributed by atoms with Gasteiger partial charge in [0.2, 0.25) is 5.91 Å². The Morgan fingerprint density at radius 3 is 2.40 bits per heavy atom. The predicted molar refractivity (Wildman–Crippen MR) is 117 cm³/mol. The number of ether oxygens (including phenoxy) is 5. The lowest BCUT2D eigenvalue weighted by molar-refractivity contribution is -0.121. The van der Waals surface area contributed by atoms with Gasteiger partial charge in [0.25, 0.3) is 0 Å². The van der Waals surface area contributed by atoms with E-state index in [2.05, 4.69) is 17.1 Å². The number of hydrogen-bond acceptors (Lipinski definition) is 7. The van der Waals surface area contributed by atoms with Crippen molar-refractivity contribution in [3.63, 3.8) is 0 Å². The molecule has 1 aliphatic heterocycles. The van der Waals surface area contributed by atoms with Crippen molar-refractivity contribution in [1.82, 2.24) is 0 Å². The van der Waals surface area contributed by atoms with Gasteiger partial charge in [-0.25, -0.2) is 0 Å². The Balaban J connectivity index is 2.00. The summed E-state index contributed by atoms with van der Waals surface area (Å²) in [6.07, 6.45) is 2.13. The highest BCUT2D eigenvalue weighted by Crippen LogP contribution is 2.39. The maximum atomic E-state index is 12.4. The maximum Gasteiger partial charge on any atom is 0.250 e. The van der Waals surface area contributed by atoms with E-state index in [9.17, 15) is 4.79 Å². The summed E-state index contributed by atoms with van der Waals surface area (Å²) in [6.45, 7) is 11.5. The van der Waals surface area contributed by atoms with Crippen molar-refractivity contribution in [3.05, 3.63) is 12.1 Å². The van der Waals surface area contributed by atoms with Gasteiger partial charge in [-0.2, -0.15) is 0 Å². The maximum absolute atomic E-state index is 12.4. The Labute approximate surface area is 179 Å². The van der Waals surface area contributed by atoms with Crippen LogP contribution in [0.2, 0.25) is 0 Å². The molecule has 0 saturated carbocycles. The summed E-state index contributed by atoms with van der Waals surface area (Å²) in [7, 11) is 0. The van der Waals surface area contributed by atoms with E-state index in [-0.39, 0.29) is 12.5 Å². The topological polar surface area (TPSA) is 78.5 Å². The van der Waals surface area contributed by atoms with Crippen LogP contribution in [0.25, 0.3) is 0 Å². The minimum atomic E-state index is -0.244. The molecule has 0 radical (unpaired) electrons. The third kappa shape index (κ3) is 8.01. The Morgan fingerprint density at radius 2 is 1.70 bits per heavy atom. The number of rotatable bonds is 14. The number of carbonyl (C=O) groups is 1. The molecule has 0 atom stereocenters. The van der Waals surface area contributed by atoms with Gasteiger partial charge < -0.3 is 33.9 Å². The summed E-state index contributed by atoms with van der Waals surface area (Å²) >= 11 is 0. The molecule has 1 N–H and O–H groups in total. The number of anilines is 2. The van der Waals surface area contributed by atoms with E-state index in [4.69, 9.17) is 23.7 Å². The van der Waals surface area contributed by atoms with E-state index in [1.165, 1.54) is 0 Å². The summed E-state index contributed by atoms with van der Waals surface area (Å²) in [4.78, 5) is 14.6. The Hall–Kier alpha value is -2.03. The Morgan fingerprint density at radius 1 is 1.00 bits per heavy atom. The minimum absolute atomic E-state index is 0.0438. The van der Waals surface area contributed by atoms with Crippen LogP contribution in [0.3, 0.4) is 0 Å². The smallest absolute Gasteiger partial charge is 0.250 e. The van der Waals surface area contributed by atoms with Crippen LogP contribution in [0.5, 0.6) is 11.5 Å². The second-order valence-electron chi connectivity index (χ2n) is 6.85. The first-order valence-corrected chi connectivity index (χ1v) is 10.9. The molecule has 1 saturated heterocycles. The van der Waals surface area contributed by atoms with Crippen molar-refractivity contribution < 1.29 is 28.5 Å². The molecule has 0 spiro atoms. The van der Waals surface area contributed by atoms with Crippen molar-refractivity contribution in [2.45, 2.75) is 33.6 Å². The summed E-state index contributed by atoms with van der Waals surface area (Å²) in [5.41, 5.74) is 1.52. The minimum Gasteiger partial charge on any atom is -0.492 e. The number of carbonyl (C=O) groups excluding carboxylic acids is 1. The normalized spacial score (nSPS) is 13.9. The molecule has 170 valence electrons. The highest BCUT2D eigenvalue weighted by Gasteiger charge is 2.20. The van der Waals surface area contributed by atoms with E-state index in [1.807, 2.05) is 26.0 Å². The van der Waals surface area contributed by atoms with Crippen LogP contribution in [0, 0.1) is 0 Å². The van der Waals surface area contributed by atoms with Crippen molar-refractivity contribution in [3.8, 4) is 11.5 Å². The second kappa shape index (κ2) is 14.1. The molecular formula is C22H36N2O6. The number of nitrogens with one attached hydrogen (secondary N) is 1. The lowest BCUT2D eigenvalue weighted by Gasteiger charge is -2.31. The van der Waals surface area contributed by atoms with Gasteiger partial charge in [-0.15, -0.1) is 0 Å². The molecule has 0 aromatic heterocycles. The monoisotopic (exact) mass is 424 g/mol. The van der Waals surface area contributed by atoms with Gasteiger partial charge in [0.1, 0.15) is 18.1 Å². The third-order valence-electron chi connectivity index (χ3n) is 4.53. The van der Waals surface area contributed by atoms with Gasteiger partial charge in [0, 0.05) is 31.8 Å². The largest absolute Gasteiger partial charge is 0.492 e. The number of amides is 1. The van der Waals surface area contributed by atoms with E-state index in [0.29, 0.717) is 56.8 Å². The molecule has 1 heterocycles. The number of unbranched alkanes of at least 4 members (excludes halogenated alkanes) is 1. The molecule has 8 heteroatoms. The first-order valence-electron chi connectivity index (χ1n) is 10.9. The molecule has 30 heavy (non-hydrogen) atoms. The SMILES string of the molecule is CCCCOCCOCC(=O)Nc1cc(OCC)c(N2CCOCC2)cc1OCC. The standard InChI is InChI=1S/C22H36N2O6/c1-4-7-10-26-13-14-28-17-22(25)23-18-15-21(30-6-3)19(16-20(18)29-5-2)24-8-11-27-12-9-24/h15-16H,4-14,17H2,1-3H3,(H,23,25). The first kappa shape index (κ1) is 24.2. The van der Waals surface area contributed by atoms with Crippen molar-refractivity contribution >= 4 is 17.3 Å². The van der Waals surface area contributed by atoms with Crippen LogP contribution in [-0.2, 0) is 19.0 Å². The van der Waals surface area contributed by atoms with Gasteiger partial charge in [0.05, 0.1) is 51.0 Å². The van der Waals surface area contributed by atoms with E-state index in [1.54, 1.807) is 0 Å². The predicted octanol–water partition coefficient (Wildman–Crippen LogP) is 3.09. The quantitative estimate of drug-likeness (QED) is 0.460. The van der Waals surface area contributed by atoms with E-state index >= 15 is 0 Å². The molecule has 1 aromatic carbocycles. The van der Waals surface area contributed by atoms with Crippen LogP contribution in [0.15, 0.2) is 12.1 Å². The Kier molecular flexibility index (Phi) is 11.4. The second-order valence-corrected chi connectivity index (χ2v) is 6.85. The summed E-state index contributed by atoms with van der Waals surface area (Å²) in [5, 5.41) is 2.88. The Bertz CT molecular complexity index is 634. The highest BCUT2D eigenvalue weighted by molar-refractivity contribution is 5.94. The fourth-order valence-electron chi connectivity index (χ4n) is 3.06. The molecule has 0 bridgehead atoms. The average Bonchev–Trinajstić information content (AvgIpc) is 2.75. The number of morpholine rings is 1. The number of nitrogens with zero attached hydrogens (tertiary/aromatic N) is 1. The van der Waals surface area contributed by atoms with Gasteiger partial charge in [-0.05, 0) is 20.3 Å². The van der Waals surface area contributed by atoms with E-state index in [0.717, 1.165) is 38.2 Å². The number of hydrogen-bond donors (Lipinski definition) is 1. The van der Waals surface area contributed by atoms with Gasteiger partial charge in [-0.1, -0.05) is 13.3 Å². The molecule has 1 amide bonds. The van der Waals surface area contributed by atoms with Gasteiger partial charge in [-0.3, -0.25) is 4.79 Å². The average molecular weight is 425 g/mol. The summed E-state index contributed by atoms with van der Waals surface area (Å²) in [5.74, 6) is 1.08. The third-order valence-corrected chi connectivity index (χ3v) is 4.53. The molecule has 8 nitrogen and oxygen atoms in total. The summed E-state index contributed by atoms with van der Waals surface area (Å²) in [6, 6.07) is 3.75. The van der Waals surface area contributed by atoms with E-state index < -0.39 is 0 Å². The fraction of sp³-hybridized carbons (Fsp3) is 0.682. The van der Waals surface area contributed by atoms with Crippen LogP contribution < -0.4 is 19.7 Å². The highest BCUT2D eigenvalue weighted by atomic mass is 16.5. The summed E-state index contributed by atoms with van der Waals surface area (Å²) < 4.78 is 27.9. The first-order chi connectivity index (χ1) is 14.7. The lowest BCUT2D eigenvalue weighted by Crippen LogP contribution is -2.36. The van der Waals surface area contributed by atoms with Crippen molar-refractivity contribution in [1.29, 1.82) is 0 Å². The molecular weight excluding hydrogens is 388 g/mol. The molecule has 1 fully saturated rings. The zero-order chi connectivity index (χ0) is 21.6. The van der Waals surface area contributed by atoms with Crippen molar-refractivity contribution in [2.24, 2.45) is 0 Å². The molecule has 2 rings (SSSR count). The molecule has 1 aromatic rings. The van der Waals surface area contributed by atoms with Crippen LogP contribution in [0.1, 0.15) is 33.6 Å². The number of benzene rings is 1. The molecule has 0 unspecified atom stereocenters. The molecule has 0 aliphatic carbocycles. The van der Waals surface area contributed by atoms with Crippen LogP contribution in [-0.4, -0.2) is 71.9 Å². The van der Waals surface area contributed by atoms with Gasteiger partial charge >= 0.3 is 0 Å². The molecule has 1 aliphatic rings. The van der Waals surface area contributed by atoms with Crippen LogP contribution in [0.4, 0.5) is 11.4 Å². The lowest BCUT2D eigenvalue weighted by atomic mass is 10.2.